The Morgan fingerprint density at radius 1 is 1.20 bits per heavy atom. The molecular weight excluding hydrogens is 152 g/mol. The fourth-order valence-corrected chi connectivity index (χ4v) is 0.595. The Morgan fingerprint density at radius 2 is 1.60 bits per heavy atom. The molecule has 0 aliphatic rings. The molecule has 0 aromatic rings. The van der Waals surface area contributed by atoms with Gasteiger partial charge in [0.15, 0.2) is 0 Å². The molecule has 0 amide bonds. The maximum Gasteiger partial charge on any atom is 0.306 e. The van der Waals surface area contributed by atoms with E-state index in [4.69, 9.17) is 12.8 Å². The van der Waals surface area contributed by atoms with E-state index in [1.54, 1.807) is 0 Å². The van der Waals surface area contributed by atoms with Gasteiger partial charge >= 0.3 is 11.4 Å². The van der Waals surface area contributed by atoms with Gasteiger partial charge in [-0.15, -0.1) is 12.8 Å². The molecule has 10 heavy (non-hydrogen) atoms. The number of rotatable bonds is 4. The zero-order valence-corrected chi connectivity index (χ0v) is 6.02. The van der Waals surface area contributed by atoms with Crippen molar-refractivity contribution in [2.45, 2.75) is 0 Å². The SMILES string of the molecule is C#CCOS(=O)OCC#C. The first-order chi connectivity index (χ1) is 4.81. The van der Waals surface area contributed by atoms with Gasteiger partial charge < -0.3 is 0 Å². The molecule has 3 nitrogen and oxygen atoms in total. The Balaban J connectivity index is 3.30. The lowest BCUT2D eigenvalue weighted by atomic mass is 10.8. The zero-order valence-electron chi connectivity index (χ0n) is 5.20. The first-order valence-corrected chi connectivity index (χ1v) is 3.36. The molecule has 0 heterocycles. The van der Waals surface area contributed by atoms with Crippen LogP contribution in [-0.2, 0) is 19.7 Å². The van der Waals surface area contributed by atoms with Crippen molar-refractivity contribution in [2.75, 3.05) is 13.2 Å². The minimum atomic E-state index is -1.80. The summed E-state index contributed by atoms with van der Waals surface area (Å²) in [5, 5.41) is 0. The van der Waals surface area contributed by atoms with Crippen molar-refractivity contribution in [1.29, 1.82) is 0 Å². The molecule has 4 heteroatoms. The topological polar surface area (TPSA) is 35.5 Å². The molecule has 0 aliphatic carbocycles. The summed E-state index contributed by atoms with van der Waals surface area (Å²) in [5.41, 5.74) is 0. The summed E-state index contributed by atoms with van der Waals surface area (Å²) >= 11 is -1.80. The van der Waals surface area contributed by atoms with Gasteiger partial charge in [0.1, 0.15) is 13.2 Å². The minimum Gasteiger partial charge on any atom is -0.255 e. The fraction of sp³-hybridized carbons (Fsp3) is 0.333. The minimum absolute atomic E-state index is 0.0445. The normalized spacial score (nSPS) is 8.70. The number of terminal acetylenes is 2. The van der Waals surface area contributed by atoms with E-state index < -0.39 is 11.4 Å². The highest BCUT2D eigenvalue weighted by molar-refractivity contribution is 7.75. The van der Waals surface area contributed by atoms with Crippen LogP contribution in [0.2, 0.25) is 0 Å². The van der Waals surface area contributed by atoms with E-state index in [-0.39, 0.29) is 13.2 Å². The third kappa shape index (κ3) is 5.33. The molecule has 0 bridgehead atoms. The van der Waals surface area contributed by atoms with E-state index in [0.717, 1.165) is 0 Å². The second-order valence-electron chi connectivity index (χ2n) is 1.14. The molecule has 0 N–H and O–H groups in total. The van der Waals surface area contributed by atoms with E-state index in [9.17, 15) is 4.21 Å². The van der Waals surface area contributed by atoms with Crippen molar-refractivity contribution in [2.24, 2.45) is 0 Å². The fourth-order valence-electron chi connectivity index (χ4n) is 0.198. The third-order valence-electron chi connectivity index (χ3n) is 0.477. The van der Waals surface area contributed by atoms with Crippen molar-refractivity contribution in [3.05, 3.63) is 0 Å². The molecule has 0 atom stereocenters. The second kappa shape index (κ2) is 6.31. The van der Waals surface area contributed by atoms with Gasteiger partial charge in [0.2, 0.25) is 0 Å². The van der Waals surface area contributed by atoms with Crippen LogP contribution in [0.1, 0.15) is 0 Å². The predicted molar refractivity (Wildman–Crippen MR) is 37.7 cm³/mol. The van der Waals surface area contributed by atoms with Crippen LogP contribution in [0.3, 0.4) is 0 Å². The van der Waals surface area contributed by atoms with Crippen molar-refractivity contribution in [3.63, 3.8) is 0 Å². The quantitative estimate of drug-likeness (QED) is 0.534. The van der Waals surface area contributed by atoms with E-state index in [0.29, 0.717) is 0 Å². The van der Waals surface area contributed by atoms with Crippen LogP contribution in [0.5, 0.6) is 0 Å². The standard InChI is InChI=1S/C6H6O3S/c1-3-5-8-10(7)9-6-4-2/h1-2H,5-6H2. The maximum atomic E-state index is 10.4. The molecule has 0 radical (unpaired) electrons. The molecule has 0 aliphatic heterocycles. The predicted octanol–water partition coefficient (Wildman–Crippen LogP) is -0.135. The van der Waals surface area contributed by atoms with Gasteiger partial charge in [0, 0.05) is 0 Å². The van der Waals surface area contributed by atoms with Crippen molar-refractivity contribution >= 4 is 11.4 Å². The van der Waals surface area contributed by atoms with Gasteiger partial charge in [-0.05, 0) is 0 Å². The van der Waals surface area contributed by atoms with E-state index in [1.807, 2.05) is 0 Å². The van der Waals surface area contributed by atoms with Crippen molar-refractivity contribution < 1.29 is 12.6 Å². The number of hydrogen-bond donors (Lipinski definition) is 0. The molecule has 0 spiro atoms. The Kier molecular flexibility index (Phi) is 5.80. The smallest absolute Gasteiger partial charge is 0.255 e. The van der Waals surface area contributed by atoms with Crippen LogP contribution in [-0.4, -0.2) is 17.4 Å². The highest BCUT2D eigenvalue weighted by Crippen LogP contribution is 1.85. The lowest BCUT2D eigenvalue weighted by Gasteiger charge is -1.95. The van der Waals surface area contributed by atoms with Crippen LogP contribution in [0, 0.1) is 24.7 Å². The average molecular weight is 158 g/mol. The van der Waals surface area contributed by atoms with E-state index >= 15 is 0 Å². The summed E-state index contributed by atoms with van der Waals surface area (Å²) in [7, 11) is 0. The lowest BCUT2D eigenvalue weighted by Crippen LogP contribution is -2.02. The Hall–Kier alpha value is -0.810. The summed E-state index contributed by atoms with van der Waals surface area (Å²) in [5.74, 6) is 4.26. The molecule has 0 aromatic carbocycles. The van der Waals surface area contributed by atoms with Crippen LogP contribution >= 0.6 is 0 Å². The van der Waals surface area contributed by atoms with Crippen molar-refractivity contribution in [1.82, 2.24) is 0 Å². The first-order valence-electron chi connectivity index (χ1n) is 2.36. The van der Waals surface area contributed by atoms with Crippen LogP contribution in [0.25, 0.3) is 0 Å². The Labute approximate surface area is 62.6 Å². The van der Waals surface area contributed by atoms with Crippen LogP contribution < -0.4 is 0 Å². The monoisotopic (exact) mass is 158 g/mol. The first kappa shape index (κ1) is 9.19. The third-order valence-corrected chi connectivity index (χ3v) is 1.10. The van der Waals surface area contributed by atoms with E-state index in [2.05, 4.69) is 20.2 Å². The van der Waals surface area contributed by atoms with Crippen molar-refractivity contribution in [3.8, 4) is 24.7 Å². The summed E-state index contributed by atoms with van der Waals surface area (Å²) in [6, 6.07) is 0. The highest BCUT2D eigenvalue weighted by Gasteiger charge is 1.95. The summed E-state index contributed by atoms with van der Waals surface area (Å²) in [6.07, 6.45) is 9.60. The average Bonchev–Trinajstić information content (AvgIpc) is 1.97. The Morgan fingerprint density at radius 3 is 1.90 bits per heavy atom. The van der Waals surface area contributed by atoms with Crippen LogP contribution in [0.4, 0.5) is 0 Å². The van der Waals surface area contributed by atoms with Gasteiger partial charge in [-0.25, -0.2) is 0 Å². The van der Waals surface area contributed by atoms with Gasteiger partial charge in [0.05, 0.1) is 0 Å². The molecular formula is C6H6O3S. The second-order valence-corrected chi connectivity index (χ2v) is 2.02. The van der Waals surface area contributed by atoms with Gasteiger partial charge in [-0.1, -0.05) is 11.8 Å². The molecule has 0 unspecified atom stereocenters. The molecule has 0 saturated heterocycles. The summed E-state index contributed by atoms with van der Waals surface area (Å²) in [6.45, 7) is -0.0889. The van der Waals surface area contributed by atoms with Crippen LogP contribution in [0.15, 0.2) is 0 Å². The lowest BCUT2D eigenvalue weighted by molar-refractivity contribution is 0.295. The van der Waals surface area contributed by atoms with E-state index in [1.165, 1.54) is 0 Å². The maximum absolute atomic E-state index is 10.4. The Bertz CT molecular complexity index is 166. The highest BCUT2D eigenvalue weighted by atomic mass is 32.2. The van der Waals surface area contributed by atoms with Gasteiger partial charge in [0.25, 0.3) is 0 Å². The largest absolute Gasteiger partial charge is 0.306 e. The summed E-state index contributed by atoms with van der Waals surface area (Å²) in [4.78, 5) is 0. The molecule has 0 fully saturated rings. The molecule has 0 rings (SSSR count). The number of hydrogen-bond acceptors (Lipinski definition) is 3. The van der Waals surface area contributed by atoms with Gasteiger partial charge in [-0.2, -0.15) is 4.21 Å². The molecule has 54 valence electrons. The zero-order chi connectivity index (χ0) is 7.82. The van der Waals surface area contributed by atoms with Gasteiger partial charge in [-0.3, -0.25) is 8.37 Å². The molecule has 0 aromatic heterocycles. The molecule has 0 saturated carbocycles. The summed E-state index contributed by atoms with van der Waals surface area (Å²) < 4.78 is 19.3.